The largest absolute Gasteiger partial charge is 0.494 e. The van der Waals surface area contributed by atoms with E-state index in [2.05, 4.69) is 20.3 Å². The van der Waals surface area contributed by atoms with Crippen LogP contribution in [0.5, 0.6) is 5.75 Å². The van der Waals surface area contributed by atoms with Crippen molar-refractivity contribution >= 4 is 11.7 Å². The van der Waals surface area contributed by atoms with E-state index in [-0.39, 0.29) is 47.0 Å². The fourth-order valence-electron chi connectivity index (χ4n) is 4.38. The van der Waals surface area contributed by atoms with E-state index in [4.69, 9.17) is 4.74 Å². The Morgan fingerprint density at radius 3 is 2.56 bits per heavy atom. The molecule has 0 spiro atoms. The van der Waals surface area contributed by atoms with Crippen LogP contribution >= 0.6 is 0 Å². The maximum atomic E-state index is 15.5. The smallest absolute Gasteiger partial charge is 0.417 e. The quantitative estimate of drug-likeness (QED) is 0.474. The highest BCUT2D eigenvalue weighted by Crippen LogP contribution is 2.33. The molecule has 36 heavy (non-hydrogen) atoms. The van der Waals surface area contributed by atoms with Crippen molar-refractivity contribution in [1.82, 2.24) is 19.9 Å². The van der Waals surface area contributed by atoms with E-state index in [0.29, 0.717) is 6.54 Å². The minimum absolute atomic E-state index is 0.0507. The Morgan fingerprint density at radius 2 is 1.92 bits per heavy atom. The number of aromatic nitrogens is 3. The molecule has 1 amide bonds. The van der Waals surface area contributed by atoms with Gasteiger partial charge in [0.15, 0.2) is 17.4 Å². The van der Waals surface area contributed by atoms with E-state index in [1.807, 2.05) is 6.92 Å². The van der Waals surface area contributed by atoms with E-state index >= 15 is 4.39 Å². The van der Waals surface area contributed by atoms with Crippen molar-refractivity contribution in [3.63, 3.8) is 0 Å². The van der Waals surface area contributed by atoms with Crippen molar-refractivity contribution < 1.29 is 27.1 Å². The lowest BCUT2D eigenvalue weighted by molar-refractivity contribution is -0.137. The molecular formula is C25H25F4N5O2. The first-order valence-corrected chi connectivity index (χ1v) is 11.4. The first-order valence-electron chi connectivity index (χ1n) is 11.4. The number of carbonyl (C=O) groups excluding carboxylic acids is 1. The number of halogens is 4. The summed E-state index contributed by atoms with van der Waals surface area (Å²) in [6, 6.07) is 6.43. The molecule has 190 valence electrons. The molecule has 1 N–H and O–H groups in total. The van der Waals surface area contributed by atoms with Crippen molar-refractivity contribution in [1.29, 1.82) is 0 Å². The van der Waals surface area contributed by atoms with Crippen LogP contribution in [0.4, 0.5) is 23.4 Å². The second-order valence-electron chi connectivity index (χ2n) is 8.57. The molecule has 11 heteroatoms. The summed E-state index contributed by atoms with van der Waals surface area (Å²) in [4.78, 5) is 27.6. The Labute approximate surface area is 205 Å². The molecule has 4 rings (SSSR count). The van der Waals surface area contributed by atoms with Gasteiger partial charge in [0.2, 0.25) is 0 Å². The van der Waals surface area contributed by atoms with Gasteiger partial charge in [-0.1, -0.05) is 6.92 Å². The topological polar surface area (TPSA) is 80.2 Å². The van der Waals surface area contributed by atoms with Crippen LogP contribution in [0.15, 0.2) is 48.9 Å². The van der Waals surface area contributed by atoms with Gasteiger partial charge in [0.1, 0.15) is 5.82 Å². The number of nitrogens with one attached hydrogen (secondary N) is 1. The Balaban J connectivity index is 1.63. The van der Waals surface area contributed by atoms with Crippen LogP contribution in [0.2, 0.25) is 0 Å². The average molecular weight is 504 g/mol. The molecule has 1 aliphatic rings. The first-order chi connectivity index (χ1) is 17.2. The summed E-state index contributed by atoms with van der Waals surface area (Å²) in [7, 11) is 1.32. The molecule has 3 heterocycles. The van der Waals surface area contributed by atoms with Crippen LogP contribution in [0.3, 0.4) is 0 Å². The molecule has 1 aromatic carbocycles. The van der Waals surface area contributed by atoms with Crippen LogP contribution in [0, 0.1) is 11.7 Å². The Morgan fingerprint density at radius 1 is 1.17 bits per heavy atom. The number of carbonyl (C=O) groups is 1. The van der Waals surface area contributed by atoms with Gasteiger partial charge < -0.3 is 15.0 Å². The Kier molecular flexibility index (Phi) is 7.37. The van der Waals surface area contributed by atoms with Crippen molar-refractivity contribution in [2.75, 3.05) is 25.5 Å². The van der Waals surface area contributed by atoms with E-state index < -0.39 is 23.5 Å². The molecule has 0 radical (unpaired) electrons. The summed E-state index contributed by atoms with van der Waals surface area (Å²) in [5, 5.41) is 3.03. The fourth-order valence-corrected chi connectivity index (χ4v) is 4.38. The molecular weight excluding hydrogens is 478 g/mol. The summed E-state index contributed by atoms with van der Waals surface area (Å²) in [5.41, 5.74) is -0.791. The zero-order valence-electron chi connectivity index (χ0n) is 19.7. The van der Waals surface area contributed by atoms with Crippen LogP contribution in [-0.4, -0.2) is 52.0 Å². The molecule has 0 bridgehead atoms. The summed E-state index contributed by atoms with van der Waals surface area (Å²) >= 11 is 0. The van der Waals surface area contributed by atoms with Gasteiger partial charge >= 0.3 is 6.18 Å². The van der Waals surface area contributed by atoms with Gasteiger partial charge in [0.05, 0.1) is 24.3 Å². The monoisotopic (exact) mass is 503 g/mol. The number of ether oxygens (including phenoxy) is 1. The number of methoxy groups -OCH3 is 1. The number of anilines is 1. The number of benzene rings is 1. The SMILES string of the molecule is COc1ccc(-c2ncccn2)c(C(=O)N2CCC[C@@H](C)[C@H]2CNc2ccc(C(F)(F)F)cn2)c1F. The zero-order valence-corrected chi connectivity index (χ0v) is 19.7. The molecule has 3 aromatic rings. The minimum atomic E-state index is -4.48. The fraction of sp³-hybridized carbons (Fsp3) is 0.360. The van der Waals surface area contributed by atoms with E-state index in [9.17, 15) is 18.0 Å². The van der Waals surface area contributed by atoms with Crippen LogP contribution in [0.25, 0.3) is 11.4 Å². The van der Waals surface area contributed by atoms with Crippen LogP contribution in [-0.2, 0) is 6.18 Å². The number of likely N-dealkylation sites (tertiary alicyclic amines) is 1. The lowest BCUT2D eigenvalue weighted by Crippen LogP contribution is -2.51. The Hall–Kier alpha value is -3.76. The number of nitrogens with zero attached hydrogens (tertiary/aromatic N) is 4. The third-order valence-electron chi connectivity index (χ3n) is 6.31. The summed E-state index contributed by atoms with van der Waals surface area (Å²) < 4.78 is 59.1. The van der Waals surface area contributed by atoms with E-state index in [0.717, 1.165) is 25.1 Å². The number of hydrogen-bond acceptors (Lipinski definition) is 6. The molecule has 1 saturated heterocycles. The summed E-state index contributed by atoms with van der Waals surface area (Å²) in [5.74, 6) is -0.911. The molecule has 0 aliphatic carbocycles. The van der Waals surface area contributed by atoms with Crippen molar-refractivity contribution in [2.24, 2.45) is 5.92 Å². The lowest BCUT2D eigenvalue weighted by atomic mass is 9.89. The van der Waals surface area contributed by atoms with Crippen molar-refractivity contribution in [3.05, 3.63) is 65.9 Å². The molecule has 2 atom stereocenters. The second kappa shape index (κ2) is 10.5. The number of hydrogen-bond donors (Lipinski definition) is 1. The highest BCUT2D eigenvalue weighted by molar-refractivity contribution is 6.01. The number of rotatable bonds is 6. The Bertz CT molecular complexity index is 1210. The number of alkyl halides is 3. The maximum absolute atomic E-state index is 15.5. The normalized spacial score (nSPS) is 18.1. The van der Waals surface area contributed by atoms with Gasteiger partial charge in [0, 0.05) is 37.2 Å². The zero-order chi connectivity index (χ0) is 25.9. The van der Waals surface area contributed by atoms with Gasteiger partial charge in [-0.15, -0.1) is 0 Å². The lowest BCUT2D eigenvalue weighted by Gasteiger charge is -2.40. The molecule has 2 aromatic heterocycles. The standard InChI is InChI=1S/C25H25F4N5O2/c1-15-5-3-12-34(18(15)14-33-20-9-6-16(13-32-20)25(27,28)29)24(35)21-17(23-30-10-4-11-31-23)7-8-19(36-2)22(21)26/h4,6-11,13,15,18H,3,5,12,14H2,1-2H3,(H,32,33)/t15-,18-/m1/s1. The van der Waals surface area contributed by atoms with Crippen LogP contribution < -0.4 is 10.1 Å². The first kappa shape index (κ1) is 25.3. The van der Waals surface area contributed by atoms with Crippen LogP contribution in [0.1, 0.15) is 35.7 Å². The highest BCUT2D eigenvalue weighted by Gasteiger charge is 2.36. The van der Waals surface area contributed by atoms with Gasteiger partial charge in [-0.3, -0.25) is 4.79 Å². The second-order valence-corrected chi connectivity index (χ2v) is 8.57. The average Bonchev–Trinajstić information content (AvgIpc) is 2.87. The summed E-state index contributed by atoms with van der Waals surface area (Å²) in [6.45, 7) is 2.60. The van der Waals surface area contributed by atoms with E-state index in [1.165, 1.54) is 31.6 Å². The molecule has 0 saturated carbocycles. The molecule has 0 unspecified atom stereocenters. The predicted molar refractivity (Wildman–Crippen MR) is 125 cm³/mol. The van der Waals surface area contributed by atoms with E-state index in [1.54, 1.807) is 17.0 Å². The number of amides is 1. The third-order valence-corrected chi connectivity index (χ3v) is 6.31. The van der Waals surface area contributed by atoms with Crippen molar-refractivity contribution in [3.8, 4) is 17.1 Å². The molecule has 7 nitrogen and oxygen atoms in total. The molecule has 1 fully saturated rings. The van der Waals surface area contributed by atoms with Gasteiger partial charge in [-0.25, -0.2) is 19.3 Å². The predicted octanol–water partition coefficient (Wildman–Crippen LogP) is 5.06. The number of pyridine rings is 1. The minimum Gasteiger partial charge on any atom is -0.494 e. The summed E-state index contributed by atoms with van der Waals surface area (Å²) in [6.07, 6.45) is 0.856. The third kappa shape index (κ3) is 5.24. The van der Waals surface area contributed by atoms with Gasteiger partial charge in [0.25, 0.3) is 5.91 Å². The highest BCUT2D eigenvalue weighted by atomic mass is 19.4. The van der Waals surface area contributed by atoms with Crippen molar-refractivity contribution in [2.45, 2.75) is 32.0 Å². The van der Waals surface area contributed by atoms with Gasteiger partial charge in [-0.05, 0) is 49.1 Å². The number of piperidine rings is 1. The van der Waals surface area contributed by atoms with Gasteiger partial charge in [-0.2, -0.15) is 13.2 Å². The molecule has 1 aliphatic heterocycles. The maximum Gasteiger partial charge on any atom is 0.417 e.